The van der Waals surface area contributed by atoms with Gasteiger partial charge in [-0.3, -0.25) is 4.68 Å². The SMILES string of the molecule is CCNC(Cn1ccc(C)n1)C(C)(C)C. The van der Waals surface area contributed by atoms with E-state index in [0.29, 0.717) is 6.04 Å². The van der Waals surface area contributed by atoms with E-state index in [4.69, 9.17) is 0 Å². The molecule has 0 radical (unpaired) electrons. The van der Waals surface area contributed by atoms with Crippen molar-refractivity contribution in [1.29, 1.82) is 0 Å². The second-order valence-electron chi connectivity index (χ2n) is 5.16. The zero-order chi connectivity index (χ0) is 11.5. The lowest BCUT2D eigenvalue weighted by molar-refractivity contribution is 0.238. The molecule has 1 heterocycles. The van der Waals surface area contributed by atoms with Crippen molar-refractivity contribution in [1.82, 2.24) is 15.1 Å². The molecule has 0 amide bonds. The van der Waals surface area contributed by atoms with Gasteiger partial charge in [-0.2, -0.15) is 5.10 Å². The molecule has 3 nitrogen and oxygen atoms in total. The van der Waals surface area contributed by atoms with Gasteiger partial charge in [0, 0.05) is 12.2 Å². The molecule has 1 aromatic heterocycles. The van der Waals surface area contributed by atoms with Gasteiger partial charge >= 0.3 is 0 Å². The lowest BCUT2D eigenvalue weighted by Crippen LogP contribution is -2.43. The van der Waals surface area contributed by atoms with Crippen LogP contribution >= 0.6 is 0 Å². The first-order valence-electron chi connectivity index (χ1n) is 5.67. The Balaban J connectivity index is 2.66. The summed E-state index contributed by atoms with van der Waals surface area (Å²) in [6.07, 6.45) is 2.05. The van der Waals surface area contributed by atoms with Gasteiger partial charge in [-0.15, -0.1) is 0 Å². The van der Waals surface area contributed by atoms with E-state index in [0.717, 1.165) is 18.8 Å². The van der Waals surface area contributed by atoms with Crippen molar-refractivity contribution < 1.29 is 0 Å². The van der Waals surface area contributed by atoms with Gasteiger partial charge in [0.1, 0.15) is 0 Å². The lowest BCUT2D eigenvalue weighted by Gasteiger charge is -2.31. The van der Waals surface area contributed by atoms with Gasteiger partial charge in [-0.25, -0.2) is 0 Å². The van der Waals surface area contributed by atoms with E-state index in [2.05, 4.69) is 38.1 Å². The molecular formula is C12H23N3. The van der Waals surface area contributed by atoms with E-state index in [1.165, 1.54) is 0 Å². The van der Waals surface area contributed by atoms with E-state index in [9.17, 15) is 0 Å². The maximum atomic E-state index is 4.42. The molecule has 0 aliphatic heterocycles. The summed E-state index contributed by atoms with van der Waals surface area (Å²) < 4.78 is 2.02. The van der Waals surface area contributed by atoms with Crippen LogP contribution in [0, 0.1) is 12.3 Å². The molecule has 86 valence electrons. The minimum Gasteiger partial charge on any atom is -0.312 e. The Hall–Kier alpha value is -0.830. The monoisotopic (exact) mass is 209 g/mol. The van der Waals surface area contributed by atoms with E-state index in [1.54, 1.807) is 0 Å². The van der Waals surface area contributed by atoms with Gasteiger partial charge < -0.3 is 5.32 Å². The predicted molar refractivity (Wildman–Crippen MR) is 63.9 cm³/mol. The van der Waals surface area contributed by atoms with Gasteiger partial charge in [0.2, 0.25) is 0 Å². The summed E-state index contributed by atoms with van der Waals surface area (Å²) in [4.78, 5) is 0. The van der Waals surface area contributed by atoms with E-state index in [1.807, 2.05) is 23.9 Å². The molecule has 0 aliphatic rings. The Morgan fingerprint density at radius 3 is 2.53 bits per heavy atom. The highest BCUT2D eigenvalue weighted by molar-refractivity contribution is 4.95. The summed E-state index contributed by atoms with van der Waals surface area (Å²) in [5, 5.41) is 7.94. The molecule has 0 saturated heterocycles. The van der Waals surface area contributed by atoms with Crippen LogP contribution in [0.15, 0.2) is 12.3 Å². The van der Waals surface area contributed by atoms with Crippen LogP contribution in [0.3, 0.4) is 0 Å². The van der Waals surface area contributed by atoms with Gasteiger partial charge in [0.15, 0.2) is 0 Å². The number of nitrogens with one attached hydrogen (secondary N) is 1. The van der Waals surface area contributed by atoms with E-state index >= 15 is 0 Å². The lowest BCUT2D eigenvalue weighted by atomic mass is 9.86. The van der Waals surface area contributed by atoms with Gasteiger partial charge in [0.25, 0.3) is 0 Å². The number of rotatable bonds is 4. The third-order valence-electron chi connectivity index (χ3n) is 2.64. The third kappa shape index (κ3) is 3.67. The largest absolute Gasteiger partial charge is 0.312 e. The smallest absolute Gasteiger partial charge is 0.0593 e. The number of hydrogen-bond donors (Lipinski definition) is 1. The van der Waals surface area contributed by atoms with E-state index < -0.39 is 0 Å². The van der Waals surface area contributed by atoms with Crippen LogP contribution < -0.4 is 5.32 Å². The summed E-state index contributed by atoms with van der Waals surface area (Å²) in [5.41, 5.74) is 1.34. The number of aryl methyl sites for hydroxylation is 1. The third-order valence-corrected chi connectivity index (χ3v) is 2.64. The van der Waals surface area contributed by atoms with Crippen molar-refractivity contribution in [3.63, 3.8) is 0 Å². The van der Waals surface area contributed by atoms with Crippen LogP contribution in [0.25, 0.3) is 0 Å². The van der Waals surface area contributed by atoms with Crippen LogP contribution in [0.2, 0.25) is 0 Å². The molecule has 0 bridgehead atoms. The molecular weight excluding hydrogens is 186 g/mol. The van der Waals surface area contributed by atoms with Gasteiger partial charge in [-0.05, 0) is 24.9 Å². The Labute approximate surface area is 92.9 Å². The normalized spacial score (nSPS) is 14.2. The minimum absolute atomic E-state index is 0.260. The summed E-state index contributed by atoms with van der Waals surface area (Å²) in [6, 6.07) is 2.51. The Bertz CT molecular complexity index is 296. The number of likely N-dealkylation sites (N-methyl/N-ethyl adjacent to an activating group) is 1. The highest BCUT2D eigenvalue weighted by Gasteiger charge is 2.24. The first kappa shape index (κ1) is 12.2. The number of aromatic nitrogens is 2. The molecule has 0 spiro atoms. The van der Waals surface area contributed by atoms with Crippen molar-refractivity contribution in [2.75, 3.05) is 6.54 Å². The summed E-state index contributed by atoms with van der Waals surface area (Å²) in [7, 11) is 0. The van der Waals surface area contributed by atoms with Crippen molar-refractivity contribution in [2.24, 2.45) is 5.41 Å². The Kier molecular flexibility index (Phi) is 3.91. The fourth-order valence-corrected chi connectivity index (χ4v) is 1.64. The van der Waals surface area contributed by atoms with Crippen LogP contribution in [0.4, 0.5) is 0 Å². The standard InChI is InChI=1S/C12H23N3/c1-6-13-11(12(3,4)5)9-15-8-7-10(2)14-15/h7-8,11,13H,6,9H2,1-5H3. The van der Waals surface area contributed by atoms with Crippen molar-refractivity contribution in [2.45, 2.75) is 47.2 Å². The van der Waals surface area contributed by atoms with Crippen LogP contribution in [-0.4, -0.2) is 22.4 Å². The zero-order valence-electron chi connectivity index (χ0n) is 10.5. The van der Waals surface area contributed by atoms with Crippen LogP contribution in [-0.2, 0) is 6.54 Å². The Morgan fingerprint density at radius 1 is 1.47 bits per heavy atom. The minimum atomic E-state index is 0.260. The Morgan fingerprint density at radius 2 is 2.13 bits per heavy atom. The highest BCUT2D eigenvalue weighted by atomic mass is 15.3. The van der Waals surface area contributed by atoms with Crippen LogP contribution in [0.1, 0.15) is 33.4 Å². The predicted octanol–water partition coefficient (Wildman–Crippen LogP) is 2.22. The van der Waals surface area contributed by atoms with Gasteiger partial charge in [-0.1, -0.05) is 27.7 Å². The van der Waals surface area contributed by atoms with Crippen molar-refractivity contribution in [3.8, 4) is 0 Å². The fourth-order valence-electron chi connectivity index (χ4n) is 1.64. The summed E-state index contributed by atoms with van der Waals surface area (Å²) in [5.74, 6) is 0. The number of hydrogen-bond acceptors (Lipinski definition) is 2. The number of nitrogens with zero attached hydrogens (tertiary/aromatic N) is 2. The molecule has 1 N–H and O–H groups in total. The highest BCUT2D eigenvalue weighted by Crippen LogP contribution is 2.20. The zero-order valence-corrected chi connectivity index (χ0v) is 10.5. The first-order chi connectivity index (χ1) is 6.93. The first-order valence-corrected chi connectivity index (χ1v) is 5.67. The molecule has 1 aromatic rings. The molecule has 1 unspecified atom stereocenters. The quantitative estimate of drug-likeness (QED) is 0.824. The molecule has 0 aliphatic carbocycles. The second-order valence-corrected chi connectivity index (χ2v) is 5.16. The fraction of sp³-hybridized carbons (Fsp3) is 0.750. The molecule has 1 rings (SSSR count). The van der Waals surface area contributed by atoms with Gasteiger partial charge in [0.05, 0.1) is 12.2 Å². The average molecular weight is 209 g/mol. The average Bonchev–Trinajstić information content (AvgIpc) is 2.49. The maximum Gasteiger partial charge on any atom is 0.0593 e. The molecule has 15 heavy (non-hydrogen) atoms. The molecule has 0 saturated carbocycles. The molecule has 0 aromatic carbocycles. The molecule has 3 heteroatoms. The molecule has 0 fully saturated rings. The van der Waals surface area contributed by atoms with Crippen molar-refractivity contribution >= 4 is 0 Å². The van der Waals surface area contributed by atoms with Crippen LogP contribution in [0.5, 0.6) is 0 Å². The maximum absolute atomic E-state index is 4.42. The topological polar surface area (TPSA) is 29.9 Å². The van der Waals surface area contributed by atoms with Crippen molar-refractivity contribution in [3.05, 3.63) is 18.0 Å². The second kappa shape index (κ2) is 4.79. The summed E-state index contributed by atoms with van der Waals surface area (Å²) in [6.45, 7) is 12.9. The van der Waals surface area contributed by atoms with E-state index in [-0.39, 0.29) is 5.41 Å². The molecule has 1 atom stereocenters. The summed E-state index contributed by atoms with van der Waals surface area (Å²) >= 11 is 0.